The lowest BCUT2D eigenvalue weighted by Gasteiger charge is -2.31. The van der Waals surface area contributed by atoms with Crippen LogP contribution in [0.5, 0.6) is 0 Å². The monoisotopic (exact) mass is 477 g/mol. The summed E-state index contributed by atoms with van der Waals surface area (Å²) in [6, 6.07) is 28.2. The van der Waals surface area contributed by atoms with Gasteiger partial charge in [0.15, 0.2) is 0 Å². The van der Waals surface area contributed by atoms with Crippen LogP contribution in [0.2, 0.25) is 5.02 Å². The van der Waals surface area contributed by atoms with Crippen LogP contribution in [0.25, 0.3) is 0 Å². The molecule has 1 saturated heterocycles. The highest BCUT2D eigenvalue weighted by atomic mass is 35.5. The second-order valence-corrected chi connectivity index (χ2v) is 8.98. The molecule has 2 amide bonds. The number of hydrogen-bond acceptors (Lipinski definition) is 3. The molecule has 1 aliphatic rings. The molecule has 3 aromatic carbocycles. The molecule has 34 heavy (non-hydrogen) atoms. The van der Waals surface area contributed by atoms with Crippen molar-refractivity contribution >= 4 is 23.3 Å². The minimum atomic E-state index is -0.0875. The maximum absolute atomic E-state index is 13.3. The lowest BCUT2D eigenvalue weighted by atomic mass is 9.88. The molecule has 1 N–H and O–H groups in total. The van der Waals surface area contributed by atoms with Crippen LogP contribution in [0.4, 0.5) is 10.5 Å². The van der Waals surface area contributed by atoms with Gasteiger partial charge < -0.3 is 15.0 Å². The first-order valence-corrected chi connectivity index (χ1v) is 12.3. The number of morpholine rings is 1. The lowest BCUT2D eigenvalue weighted by molar-refractivity contribution is 0.0351. The highest BCUT2D eigenvalue weighted by molar-refractivity contribution is 6.30. The number of ether oxygens (including phenoxy) is 1. The molecular formula is C28H32ClN3O2. The molecular weight excluding hydrogens is 446 g/mol. The van der Waals surface area contributed by atoms with Gasteiger partial charge in [-0.25, -0.2) is 4.79 Å². The molecule has 0 spiro atoms. The van der Waals surface area contributed by atoms with Gasteiger partial charge in [0.2, 0.25) is 0 Å². The van der Waals surface area contributed by atoms with Gasteiger partial charge in [-0.15, -0.1) is 0 Å². The summed E-state index contributed by atoms with van der Waals surface area (Å²) >= 11 is 6.01. The first kappa shape index (κ1) is 24.3. The molecule has 0 bridgehead atoms. The predicted molar refractivity (Wildman–Crippen MR) is 139 cm³/mol. The number of carbonyl (C=O) groups is 1. The van der Waals surface area contributed by atoms with E-state index in [-0.39, 0.29) is 11.9 Å². The SMILES string of the molecule is O=C(Nc1ccc(Cl)cc1)N(CCC(c1ccccc1)c1ccccc1)CCN1CCOCC1. The molecule has 178 valence electrons. The van der Waals surface area contributed by atoms with Crippen LogP contribution in [0.3, 0.4) is 0 Å². The average Bonchev–Trinajstić information content (AvgIpc) is 2.89. The largest absolute Gasteiger partial charge is 0.379 e. The van der Waals surface area contributed by atoms with Crippen molar-refractivity contribution in [1.82, 2.24) is 9.80 Å². The smallest absolute Gasteiger partial charge is 0.321 e. The van der Waals surface area contributed by atoms with Crippen LogP contribution < -0.4 is 5.32 Å². The standard InChI is InChI=1S/C28H32ClN3O2/c29-25-11-13-26(14-12-25)30-28(33)32(18-17-31-19-21-34-22-20-31)16-15-27(23-7-3-1-4-8-23)24-9-5-2-6-10-24/h1-14,27H,15-22H2,(H,30,33). The third-order valence-corrected chi connectivity index (χ3v) is 6.52. The molecule has 0 aliphatic carbocycles. The van der Waals surface area contributed by atoms with Crippen molar-refractivity contribution in [1.29, 1.82) is 0 Å². The Morgan fingerprint density at radius 3 is 2.06 bits per heavy atom. The Kier molecular flexibility index (Phi) is 8.97. The number of hydrogen-bond donors (Lipinski definition) is 1. The zero-order valence-corrected chi connectivity index (χ0v) is 20.2. The number of carbonyl (C=O) groups excluding carboxylic acids is 1. The fourth-order valence-electron chi connectivity index (χ4n) is 4.32. The maximum Gasteiger partial charge on any atom is 0.321 e. The van der Waals surface area contributed by atoms with Crippen LogP contribution >= 0.6 is 11.6 Å². The third-order valence-electron chi connectivity index (χ3n) is 6.26. The van der Waals surface area contributed by atoms with Crippen molar-refractivity contribution in [2.45, 2.75) is 12.3 Å². The van der Waals surface area contributed by atoms with Crippen molar-refractivity contribution in [3.05, 3.63) is 101 Å². The summed E-state index contributed by atoms with van der Waals surface area (Å²) in [4.78, 5) is 17.6. The van der Waals surface area contributed by atoms with Gasteiger partial charge in [0, 0.05) is 49.4 Å². The number of halogens is 1. The van der Waals surface area contributed by atoms with Crippen molar-refractivity contribution < 1.29 is 9.53 Å². The number of benzene rings is 3. The summed E-state index contributed by atoms with van der Waals surface area (Å²) < 4.78 is 5.47. The lowest BCUT2D eigenvalue weighted by Crippen LogP contribution is -2.44. The van der Waals surface area contributed by atoms with Gasteiger partial charge in [0.1, 0.15) is 0 Å². The van der Waals surface area contributed by atoms with Gasteiger partial charge >= 0.3 is 6.03 Å². The van der Waals surface area contributed by atoms with E-state index in [1.54, 1.807) is 12.1 Å². The molecule has 0 aromatic heterocycles. The van der Waals surface area contributed by atoms with Gasteiger partial charge in [0.25, 0.3) is 0 Å². The molecule has 6 heteroatoms. The Hall–Kier alpha value is -2.86. The second-order valence-electron chi connectivity index (χ2n) is 8.54. The quantitative estimate of drug-likeness (QED) is 0.428. The van der Waals surface area contributed by atoms with Crippen LogP contribution in [-0.2, 0) is 4.74 Å². The molecule has 0 saturated carbocycles. The van der Waals surface area contributed by atoms with Crippen molar-refractivity contribution in [2.75, 3.05) is 51.3 Å². The van der Waals surface area contributed by atoms with Crippen LogP contribution in [0, 0.1) is 0 Å². The molecule has 3 aromatic rings. The Morgan fingerprint density at radius 2 is 1.47 bits per heavy atom. The zero-order valence-electron chi connectivity index (χ0n) is 19.4. The molecule has 1 heterocycles. The fraction of sp³-hybridized carbons (Fsp3) is 0.321. The van der Waals surface area contributed by atoms with E-state index in [4.69, 9.17) is 16.3 Å². The van der Waals surface area contributed by atoms with E-state index in [9.17, 15) is 4.79 Å². The maximum atomic E-state index is 13.3. The van der Waals surface area contributed by atoms with E-state index in [1.165, 1.54) is 11.1 Å². The number of rotatable bonds is 9. The topological polar surface area (TPSA) is 44.8 Å². The summed E-state index contributed by atoms with van der Waals surface area (Å²) in [6.07, 6.45) is 0.838. The Balaban J connectivity index is 1.48. The fourth-order valence-corrected chi connectivity index (χ4v) is 4.44. The van der Waals surface area contributed by atoms with Gasteiger partial charge in [-0.2, -0.15) is 0 Å². The van der Waals surface area contributed by atoms with Gasteiger partial charge in [-0.1, -0.05) is 72.3 Å². The molecule has 0 unspecified atom stereocenters. The first-order chi connectivity index (χ1) is 16.7. The zero-order chi connectivity index (χ0) is 23.6. The predicted octanol–water partition coefficient (Wildman–Crippen LogP) is 5.73. The minimum Gasteiger partial charge on any atom is -0.379 e. The number of urea groups is 1. The third kappa shape index (κ3) is 7.07. The number of nitrogens with zero attached hydrogens (tertiary/aromatic N) is 2. The van der Waals surface area contributed by atoms with E-state index in [2.05, 4.69) is 58.7 Å². The molecule has 1 fully saturated rings. The highest BCUT2D eigenvalue weighted by Gasteiger charge is 2.20. The van der Waals surface area contributed by atoms with Crippen molar-refractivity contribution in [3.8, 4) is 0 Å². The molecule has 0 radical (unpaired) electrons. The van der Waals surface area contributed by atoms with Gasteiger partial charge in [-0.3, -0.25) is 4.90 Å². The number of nitrogens with one attached hydrogen (secondary N) is 1. The normalized spacial score (nSPS) is 14.2. The Bertz CT molecular complexity index is 969. The summed E-state index contributed by atoms with van der Waals surface area (Å²) in [6.45, 7) is 5.46. The van der Waals surface area contributed by atoms with Gasteiger partial charge in [-0.05, 0) is 41.8 Å². The summed E-state index contributed by atoms with van der Waals surface area (Å²) in [5.74, 6) is 0.219. The molecule has 0 atom stereocenters. The van der Waals surface area contributed by atoms with E-state index in [0.717, 1.165) is 45.0 Å². The Morgan fingerprint density at radius 1 is 0.882 bits per heavy atom. The van der Waals surface area contributed by atoms with Crippen LogP contribution in [0.15, 0.2) is 84.9 Å². The molecule has 4 rings (SSSR count). The summed E-state index contributed by atoms with van der Waals surface area (Å²) in [5, 5.41) is 3.69. The van der Waals surface area contributed by atoms with E-state index < -0.39 is 0 Å². The van der Waals surface area contributed by atoms with E-state index in [1.807, 2.05) is 29.2 Å². The van der Waals surface area contributed by atoms with Crippen molar-refractivity contribution in [3.63, 3.8) is 0 Å². The van der Waals surface area contributed by atoms with Crippen molar-refractivity contribution in [2.24, 2.45) is 0 Å². The molecule has 1 aliphatic heterocycles. The molecule has 5 nitrogen and oxygen atoms in total. The Labute approximate surface area is 207 Å². The average molecular weight is 478 g/mol. The van der Waals surface area contributed by atoms with Crippen LogP contribution in [0.1, 0.15) is 23.5 Å². The van der Waals surface area contributed by atoms with Gasteiger partial charge in [0.05, 0.1) is 13.2 Å². The summed E-state index contributed by atoms with van der Waals surface area (Å²) in [5.41, 5.74) is 3.27. The van der Waals surface area contributed by atoms with Crippen LogP contribution in [-0.4, -0.2) is 61.8 Å². The summed E-state index contributed by atoms with van der Waals surface area (Å²) in [7, 11) is 0. The second kappa shape index (κ2) is 12.6. The highest BCUT2D eigenvalue weighted by Crippen LogP contribution is 2.28. The number of amides is 2. The van der Waals surface area contributed by atoms with E-state index >= 15 is 0 Å². The van der Waals surface area contributed by atoms with E-state index in [0.29, 0.717) is 18.1 Å². The number of anilines is 1. The minimum absolute atomic E-state index is 0.0875. The first-order valence-electron chi connectivity index (χ1n) is 11.9.